The molecule has 1 unspecified atom stereocenters. The zero-order chi connectivity index (χ0) is 26.3. The Morgan fingerprint density at radius 3 is 2.24 bits per heavy atom. The summed E-state index contributed by atoms with van der Waals surface area (Å²) in [6, 6.07) is 15.7. The molecule has 1 fully saturated rings. The van der Waals surface area contributed by atoms with Crippen molar-refractivity contribution in [3.05, 3.63) is 93.2 Å². The van der Waals surface area contributed by atoms with E-state index in [1.165, 1.54) is 11.9 Å². The second-order valence-electron chi connectivity index (χ2n) is 8.89. The van der Waals surface area contributed by atoms with Crippen LogP contribution in [0.1, 0.15) is 33.9 Å². The number of ether oxygens (including phenoxy) is 1. The van der Waals surface area contributed by atoms with Crippen LogP contribution in [0.15, 0.2) is 59.7 Å². The van der Waals surface area contributed by atoms with E-state index in [9.17, 15) is 18.3 Å². The van der Waals surface area contributed by atoms with Crippen LogP contribution in [0.2, 0.25) is 0 Å². The van der Waals surface area contributed by atoms with E-state index in [1.807, 2.05) is 36.4 Å². The van der Waals surface area contributed by atoms with Gasteiger partial charge in [0.25, 0.3) is 15.7 Å². The van der Waals surface area contributed by atoms with Crippen molar-refractivity contribution in [2.75, 3.05) is 39.2 Å². The summed E-state index contributed by atoms with van der Waals surface area (Å²) in [5, 5.41) is 10.2. The van der Waals surface area contributed by atoms with Crippen molar-refractivity contribution in [3.8, 4) is 17.6 Å². The first-order chi connectivity index (χ1) is 17.8. The number of aromatic amines is 1. The molecule has 1 aliphatic rings. The maximum absolute atomic E-state index is 11.8. The molecule has 4 rings (SSSR count). The van der Waals surface area contributed by atoms with Crippen molar-refractivity contribution in [1.29, 1.82) is 0 Å². The fourth-order valence-electron chi connectivity index (χ4n) is 4.01. The van der Waals surface area contributed by atoms with Crippen LogP contribution in [0.5, 0.6) is 5.75 Å². The lowest BCUT2D eigenvalue weighted by Crippen LogP contribution is -2.35. The highest BCUT2D eigenvalue weighted by Crippen LogP contribution is 2.25. The lowest BCUT2D eigenvalue weighted by molar-refractivity contribution is 0.0342. The van der Waals surface area contributed by atoms with Crippen LogP contribution in [-0.4, -0.2) is 67.6 Å². The Morgan fingerprint density at radius 1 is 1.05 bits per heavy atom. The first-order valence-corrected chi connectivity index (χ1v) is 13.7. The number of morpholine rings is 1. The number of rotatable bonds is 8. The van der Waals surface area contributed by atoms with Crippen molar-refractivity contribution >= 4 is 10.1 Å². The Kier molecular flexibility index (Phi) is 8.74. The number of hydrogen-bond acceptors (Lipinski definition) is 8. The number of nitrogens with one attached hydrogen (secondary N) is 1. The molecule has 9 nitrogen and oxygen atoms in total. The zero-order valence-electron chi connectivity index (χ0n) is 20.5. The minimum Gasteiger partial charge on any atom is -0.502 e. The average molecular weight is 524 g/mol. The highest BCUT2D eigenvalue weighted by molar-refractivity contribution is 7.85. The number of hydrogen-bond donors (Lipinski definition) is 2. The second kappa shape index (κ2) is 12.2. The highest BCUT2D eigenvalue weighted by Gasteiger charge is 2.22. The van der Waals surface area contributed by atoms with E-state index in [-0.39, 0.29) is 12.3 Å². The van der Waals surface area contributed by atoms with Crippen molar-refractivity contribution in [3.63, 3.8) is 0 Å². The van der Waals surface area contributed by atoms with Crippen LogP contribution < -0.4 is 5.56 Å². The molecule has 2 N–H and O–H groups in total. The summed E-state index contributed by atoms with van der Waals surface area (Å²) in [5.74, 6) is 5.13. The molecule has 3 aromatic rings. The lowest BCUT2D eigenvalue weighted by atomic mass is 9.95. The van der Waals surface area contributed by atoms with Crippen molar-refractivity contribution in [2.45, 2.75) is 18.9 Å². The quantitative estimate of drug-likeness (QED) is 0.340. The molecule has 0 amide bonds. The van der Waals surface area contributed by atoms with E-state index in [0.717, 1.165) is 55.8 Å². The summed E-state index contributed by atoms with van der Waals surface area (Å²) in [4.78, 5) is 20.5. The van der Waals surface area contributed by atoms with Crippen LogP contribution >= 0.6 is 0 Å². The molecule has 1 aromatic heterocycles. The average Bonchev–Trinajstić information content (AvgIpc) is 2.89. The number of aromatic hydroxyl groups is 1. The van der Waals surface area contributed by atoms with Crippen LogP contribution in [0, 0.1) is 11.8 Å². The van der Waals surface area contributed by atoms with Gasteiger partial charge in [-0.3, -0.25) is 13.9 Å². The number of aromatic nitrogens is 2. The first-order valence-electron chi connectivity index (χ1n) is 11.9. The first kappa shape index (κ1) is 26.6. The smallest absolute Gasteiger partial charge is 0.293 e. The van der Waals surface area contributed by atoms with E-state index in [4.69, 9.17) is 8.92 Å². The second-order valence-corrected chi connectivity index (χ2v) is 10.5. The lowest BCUT2D eigenvalue weighted by Gasteiger charge is -2.26. The van der Waals surface area contributed by atoms with E-state index in [2.05, 4.69) is 38.8 Å². The summed E-state index contributed by atoms with van der Waals surface area (Å²) in [7, 11) is -3.71. The number of H-pyrrole nitrogens is 1. The van der Waals surface area contributed by atoms with Crippen molar-refractivity contribution in [1.82, 2.24) is 14.9 Å². The zero-order valence-corrected chi connectivity index (χ0v) is 21.3. The Hall–Kier alpha value is -3.49. The minimum absolute atomic E-state index is 0.0772. The van der Waals surface area contributed by atoms with Gasteiger partial charge in [0, 0.05) is 36.7 Å². The molecule has 2 aromatic carbocycles. The molecule has 2 heterocycles. The third kappa shape index (κ3) is 8.00. The van der Waals surface area contributed by atoms with Crippen LogP contribution in [0.3, 0.4) is 0 Å². The van der Waals surface area contributed by atoms with E-state index in [0.29, 0.717) is 6.42 Å². The number of benzene rings is 2. The SMILES string of the molecule is CS(=O)(=O)OCC(Cc1ccc(C#Cc2ccc(CN3CCOCC3)cc2)cc1)c1nc[nH]c(=O)c1O. The molecule has 10 heteroatoms. The molecule has 0 aliphatic carbocycles. The molecule has 1 saturated heterocycles. The molecule has 37 heavy (non-hydrogen) atoms. The van der Waals surface area contributed by atoms with Gasteiger partial charge in [0.15, 0.2) is 0 Å². The molecule has 1 atom stereocenters. The molecule has 0 saturated carbocycles. The Morgan fingerprint density at radius 2 is 1.65 bits per heavy atom. The van der Waals surface area contributed by atoms with E-state index >= 15 is 0 Å². The van der Waals surface area contributed by atoms with Gasteiger partial charge in [-0.1, -0.05) is 36.1 Å². The number of nitrogens with zero attached hydrogens (tertiary/aromatic N) is 2. The maximum Gasteiger partial charge on any atom is 0.293 e. The van der Waals surface area contributed by atoms with Gasteiger partial charge in [0.2, 0.25) is 5.75 Å². The molecule has 1 aliphatic heterocycles. The molecular weight excluding hydrogens is 494 g/mol. The molecule has 194 valence electrons. The predicted octanol–water partition coefficient (Wildman–Crippen LogP) is 2.01. The summed E-state index contributed by atoms with van der Waals surface area (Å²) in [5.41, 5.74) is 3.21. The summed E-state index contributed by atoms with van der Waals surface area (Å²) >= 11 is 0. The fourth-order valence-corrected chi connectivity index (χ4v) is 4.42. The van der Waals surface area contributed by atoms with Gasteiger partial charge < -0.3 is 14.8 Å². The monoisotopic (exact) mass is 523 g/mol. The molecular formula is C27H29N3O6S. The highest BCUT2D eigenvalue weighted by atomic mass is 32.2. The van der Waals surface area contributed by atoms with E-state index in [1.54, 1.807) is 0 Å². The summed E-state index contributed by atoms with van der Waals surface area (Å²) < 4.78 is 33.4. The van der Waals surface area contributed by atoms with Gasteiger partial charge in [-0.15, -0.1) is 0 Å². The third-order valence-corrected chi connectivity index (χ3v) is 6.54. The third-order valence-electron chi connectivity index (χ3n) is 5.98. The summed E-state index contributed by atoms with van der Waals surface area (Å²) in [6.07, 6.45) is 2.41. The minimum atomic E-state index is -3.71. The van der Waals surface area contributed by atoms with Gasteiger partial charge in [0.1, 0.15) is 0 Å². The Bertz CT molecular complexity index is 1420. The topological polar surface area (TPSA) is 122 Å². The van der Waals surface area contributed by atoms with Gasteiger partial charge in [-0.05, 0) is 41.8 Å². The van der Waals surface area contributed by atoms with Crippen LogP contribution in [0.4, 0.5) is 0 Å². The Labute approximate surface area is 216 Å². The van der Waals surface area contributed by atoms with Crippen LogP contribution in [-0.2, 0) is 32.0 Å². The summed E-state index contributed by atoms with van der Waals surface area (Å²) in [6.45, 7) is 4.10. The van der Waals surface area contributed by atoms with Gasteiger partial charge >= 0.3 is 0 Å². The van der Waals surface area contributed by atoms with Gasteiger partial charge in [0.05, 0.1) is 38.1 Å². The van der Waals surface area contributed by atoms with Gasteiger partial charge in [-0.2, -0.15) is 8.42 Å². The Balaban J connectivity index is 1.42. The maximum atomic E-state index is 11.8. The normalized spacial score (nSPS) is 15.1. The predicted molar refractivity (Wildman–Crippen MR) is 139 cm³/mol. The van der Waals surface area contributed by atoms with Gasteiger partial charge in [-0.25, -0.2) is 4.98 Å². The fraction of sp³-hybridized carbons (Fsp3) is 0.333. The van der Waals surface area contributed by atoms with Crippen molar-refractivity contribution in [2.24, 2.45) is 0 Å². The standard InChI is InChI=1S/C27H29N3O6S/c1-37(33,34)36-18-24(25-26(31)27(32)29-19-28-25)16-22-8-4-20(5-9-22)2-3-21-6-10-23(11-7-21)17-30-12-14-35-15-13-30/h4-11,19,24,31H,12-18H2,1H3,(H,28,29,32). The van der Waals surface area contributed by atoms with Crippen LogP contribution in [0.25, 0.3) is 0 Å². The molecule has 0 radical (unpaired) electrons. The molecule has 0 bridgehead atoms. The van der Waals surface area contributed by atoms with Crippen molar-refractivity contribution < 1.29 is 22.4 Å². The largest absolute Gasteiger partial charge is 0.502 e. The molecule has 0 spiro atoms. The van der Waals surface area contributed by atoms with E-state index < -0.39 is 27.3 Å².